The number of nitrogens with one attached hydrogen (secondary N) is 1. The Labute approximate surface area is 63.7 Å². The smallest absolute Gasteiger partial charge is 0.158 e. The van der Waals surface area contributed by atoms with Crippen molar-refractivity contribution < 1.29 is 5.11 Å². The van der Waals surface area contributed by atoms with Gasteiger partial charge in [0.1, 0.15) is 0 Å². The Morgan fingerprint density at radius 1 is 1.60 bits per heavy atom. The molecule has 0 amide bonds. The molecule has 54 valence electrons. The van der Waals surface area contributed by atoms with Gasteiger partial charge in [0.15, 0.2) is 5.75 Å². The van der Waals surface area contributed by atoms with Gasteiger partial charge in [0.05, 0.1) is 16.9 Å². The highest BCUT2D eigenvalue weighted by molar-refractivity contribution is 6.33. The Kier molecular flexibility index (Phi) is 1.97. The zero-order valence-corrected chi connectivity index (χ0v) is 6.18. The Morgan fingerprint density at radius 2 is 2.30 bits per heavy atom. The van der Waals surface area contributed by atoms with Crippen molar-refractivity contribution in [1.82, 2.24) is 4.98 Å². The fraction of sp³-hybridized carbons (Fsp3) is 0.167. The van der Waals surface area contributed by atoms with Crippen LogP contribution in [0.1, 0.15) is 0 Å². The molecule has 10 heavy (non-hydrogen) atoms. The minimum atomic E-state index is 0.0648. The van der Waals surface area contributed by atoms with Crippen LogP contribution in [-0.2, 0) is 0 Å². The van der Waals surface area contributed by atoms with Gasteiger partial charge in [-0.3, -0.25) is 4.98 Å². The summed E-state index contributed by atoms with van der Waals surface area (Å²) in [6, 6.07) is 0. The van der Waals surface area contributed by atoms with E-state index in [1.165, 1.54) is 12.4 Å². The van der Waals surface area contributed by atoms with Crippen molar-refractivity contribution in [3.8, 4) is 5.75 Å². The molecule has 0 spiro atoms. The third-order valence-corrected chi connectivity index (χ3v) is 1.42. The molecule has 1 rings (SSSR count). The van der Waals surface area contributed by atoms with Gasteiger partial charge in [-0.2, -0.15) is 0 Å². The number of hydrogen-bond acceptors (Lipinski definition) is 3. The molecule has 0 saturated heterocycles. The van der Waals surface area contributed by atoms with Crippen molar-refractivity contribution in [2.45, 2.75) is 0 Å². The van der Waals surface area contributed by atoms with Crippen molar-refractivity contribution in [2.75, 3.05) is 12.4 Å². The molecule has 1 aromatic rings. The highest BCUT2D eigenvalue weighted by Crippen LogP contribution is 2.28. The second-order valence-electron chi connectivity index (χ2n) is 1.77. The molecule has 0 bridgehead atoms. The summed E-state index contributed by atoms with van der Waals surface area (Å²) in [5, 5.41) is 12.2. The van der Waals surface area contributed by atoms with Crippen LogP contribution in [0.25, 0.3) is 0 Å². The number of aromatic hydroxyl groups is 1. The lowest BCUT2D eigenvalue weighted by atomic mass is 10.4. The van der Waals surface area contributed by atoms with Crippen molar-refractivity contribution in [2.24, 2.45) is 0 Å². The third kappa shape index (κ3) is 1.14. The first-order chi connectivity index (χ1) is 4.75. The quantitative estimate of drug-likeness (QED) is 0.651. The summed E-state index contributed by atoms with van der Waals surface area (Å²) in [5.74, 6) is 0.0648. The van der Waals surface area contributed by atoms with Crippen molar-refractivity contribution in [3.05, 3.63) is 17.4 Å². The van der Waals surface area contributed by atoms with Gasteiger partial charge in [0.25, 0.3) is 0 Å². The van der Waals surface area contributed by atoms with Gasteiger partial charge in [-0.15, -0.1) is 0 Å². The average Bonchev–Trinajstić information content (AvgIpc) is 1.88. The number of aromatic nitrogens is 1. The van der Waals surface area contributed by atoms with E-state index in [2.05, 4.69) is 10.3 Å². The first-order valence-electron chi connectivity index (χ1n) is 2.76. The summed E-state index contributed by atoms with van der Waals surface area (Å²) in [6.45, 7) is 0. The predicted octanol–water partition coefficient (Wildman–Crippen LogP) is 1.48. The molecule has 0 saturated carbocycles. The number of rotatable bonds is 1. The Morgan fingerprint density at radius 3 is 2.70 bits per heavy atom. The van der Waals surface area contributed by atoms with Crippen molar-refractivity contribution in [3.63, 3.8) is 0 Å². The van der Waals surface area contributed by atoms with Crippen LogP contribution in [0, 0.1) is 0 Å². The highest BCUT2D eigenvalue weighted by atomic mass is 35.5. The maximum atomic E-state index is 9.08. The van der Waals surface area contributed by atoms with Crippen LogP contribution in [-0.4, -0.2) is 17.1 Å². The van der Waals surface area contributed by atoms with Crippen LogP contribution >= 0.6 is 11.6 Å². The summed E-state index contributed by atoms with van der Waals surface area (Å²) in [5.41, 5.74) is 0.511. The zero-order valence-electron chi connectivity index (χ0n) is 5.43. The Hall–Kier alpha value is -0.960. The van der Waals surface area contributed by atoms with Gasteiger partial charge in [0.2, 0.25) is 0 Å². The molecule has 0 fully saturated rings. The summed E-state index contributed by atoms with van der Waals surface area (Å²) < 4.78 is 0. The molecule has 4 heteroatoms. The van der Waals surface area contributed by atoms with Gasteiger partial charge in [-0.05, 0) is 0 Å². The molecule has 1 aromatic heterocycles. The lowest BCUT2D eigenvalue weighted by molar-refractivity contribution is 0.475. The summed E-state index contributed by atoms with van der Waals surface area (Å²) in [7, 11) is 1.68. The van der Waals surface area contributed by atoms with E-state index in [9.17, 15) is 0 Å². The van der Waals surface area contributed by atoms with Crippen molar-refractivity contribution >= 4 is 17.3 Å². The molecule has 0 aliphatic heterocycles. The largest absolute Gasteiger partial charge is 0.504 e. The lowest BCUT2D eigenvalue weighted by Gasteiger charge is -2.03. The van der Waals surface area contributed by atoms with Crippen LogP contribution in [0.4, 0.5) is 5.69 Å². The van der Waals surface area contributed by atoms with E-state index in [1.807, 2.05) is 0 Å². The number of hydrogen-bond donors (Lipinski definition) is 2. The van der Waals surface area contributed by atoms with Crippen LogP contribution in [0.5, 0.6) is 5.75 Å². The van der Waals surface area contributed by atoms with E-state index in [0.29, 0.717) is 10.7 Å². The van der Waals surface area contributed by atoms with E-state index in [-0.39, 0.29) is 5.75 Å². The lowest BCUT2D eigenvalue weighted by Crippen LogP contribution is -1.89. The standard InChI is InChI=1S/C6H7ClN2O/c1-8-6-4(7)2-9-3-5(6)10/h2-3,10H,1H3,(H,8,9). The second-order valence-corrected chi connectivity index (χ2v) is 2.17. The van der Waals surface area contributed by atoms with Gasteiger partial charge in [-0.1, -0.05) is 11.6 Å². The first kappa shape index (κ1) is 7.15. The molecular weight excluding hydrogens is 152 g/mol. The first-order valence-corrected chi connectivity index (χ1v) is 3.13. The molecular formula is C6H7ClN2O. The normalized spacial score (nSPS) is 9.40. The number of anilines is 1. The van der Waals surface area contributed by atoms with Crippen LogP contribution in [0.15, 0.2) is 12.4 Å². The summed E-state index contributed by atoms with van der Waals surface area (Å²) >= 11 is 5.64. The molecule has 0 radical (unpaired) electrons. The van der Waals surface area contributed by atoms with Gasteiger partial charge >= 0.3 is 0 Å². The fourth-order valence-corrected chi connectivity index (χ4v) is 0.920. The second kappa shape index (κ2) is 2.75. The molecule has 2 N–H and O–H groups in total. The van der Waals surface area contributed by atoms with Crippen LogP contribution < -0.4 is 5.32 Å². The summed E-state index contributed by atoms with van der Waals surface area (Å²) in [6.07, 6.45) is 2.80. The number of halogens is 1. The number of pyridine rings is 1. The fourth-order valence-electron chi connectivity index (χ4n) is 0.672. The molecule has 0 unspecified atom stereocenters. The van der Waals surface area contributed by atoms with E-state index in [1.54, 1.807) is 7.05 Å². The molecule has 3 nitrogen and oxygen atoms in total. The highest BCUT2D eigenvalue weighted by Gasteiger charge is 2.02. The zero-order chi connectivity index (χ0) is 7.56. The predicted molar refractivity (Wildman–Crippen MR) is 40.5 cm³/mol. The molecule has 0 aromatic carbocycles. The van der Waals surface area contributed by atoms with Gasteiger partial charge in [0, 0.05) is 13.2 Å². The molecule has 0 aliphatic rings. The van der Waals surface area contributed by atoms with E-state index >= 15 is 0 Å². The topological polar surface area (TPSA) is 45.1 Å². The minimum absolute atomic E-state index is 0.0648. The van der Waals surface area contributed by atoms with Gasteiger partial charge in [-0.25, -0.2) is 0 Å². The molecule has 0 atom stereocenters. The average molecular weight is 159 g/mol. The third-order valence-electron chi connectivity index (χ3n) is 1.13. The van der Waals surface area contributed by atoms with E-state index in [0.717, 1.165) is 0 Å². The van der Waals surface area contributed by atoms with Crippen LogP contribution in [0.2, 0.25) is 5.02 Å². The van der Waals surface area contributed by atoms with Crippen LogP contribution in [0.3, 0.4) is 0 Å². The van der Waals surface area contributed by atoms with Gasteiger partial charge < -0.3 is 10.4 Å². The molecule has 0 aliphatic carbocycles. The van der Waals surface area contributed by atoms with Crippen molar-refractivity contribution in [1.29, 1.82) is 0 Å². The maximum Gasteiger partial charge on any atom is 0.158 e. The SMILES string of the molecule is CNc1c(O)cncc1Cl. The minimum Gasteiger partial charge on any atom is -0.504 e. The van der Waals surface area contributed by atoms with E-state index in [4.69, 9.17) is 16.7 Å². The Balaban J connectivity index is 3.17. The Bertz CT molecular complexity index is 219. The summed E-state index contributed by atoms with van der Waals surface area (Å²) in [4.78, 5) is 3.67. The number of nitrogens with zero attached hydrogens (tertiary/aromatic N) is 1. The van der Waals surface area contributed by atoms with E-state index < -0.39 is 0 Å². The maximum absolute atomic E-state index is 9.08. The molecule has 1 heterocycles. The monoisotopic (exact) mass is 158 g/mol.